The molecule has 1 aromatic heterocycles. The van der Waals surface area contributed by atoms with Crippen LogP contribution in [0.25, 0.3) is 0 Å². The van der Waals surface area contributed by atoms with Crippen molar-refractivity contribution in [2.75, 3.05) is 13.1 Å². The first-order valence-corrected chi connectivity index (χ1v) is 7.38. The van der Waals surface area contributed by atoms with Gasteiger partial charge in [-0.25, -0.2) is 0 Å². The third-order valence-electron chi connectivity index (χ3n) is 4.74. The molecule has 108 valence electrons. The number of nitrogens with one attached hydrogen (secondary N) is 1. The van der Waals surface area contributed by atoms with Gasteiger partial charge in [-0.3, -0.25) is 4.98 Å². The monoisotopic (exact) mass is 274 g/mol. The highest BCUT2D eigenvalue weighted by molar-refractivity contribution is 6.62. The standard InChI is InChI=1S/C15H23BN2O2/c1-14(2)15(3,4)20-16(19-14)12-5-6-13(18-10-12)7-11-8-17-9-11/h5-6,10-11,17H,7-9H2,1-4H3. The molecular formula is C15H23BN2O2. The minimum Gasteiger partial charge on any atom is -0.399 e. The third-order valence-corrected chi connectivity index (χ3v) is 4.74. The fraction of sp³-hybridized carbons (Fsp3) is 0.667. The van der Waals surface area contributed by atoms with Crippen LogP contribution in [-0.2, 0) is 15.7 Å². The van der Waals surface area contributed by atoms with Crippen molar-refractivity contribution in [3.8, 4) is 0 Å². The van der Waals surface area contributed by atoms with Crippen molar-refractivity contribution >= 4 is 12.6 Å². The Hall–Kier alpha value is -0.905. The van der Waals surface area contributed by atoms with E-state index in [1.807, 2.05) is 6.20 Å². The van der Waals surface area contributed by atoms with E-state index in [1.165, 1.54) is 0 Å². The molecule has 0 unspecified atom stereocenters. The molecule has 1 N–H and O–H groups in total. The van der Waals surface area contributed by atoms with E-state index in [2.05, 4.69) is 50.1 Å². The van der Waals surface area contributed by atoms with E-state index in [1.54, 1.807) is 0 Å². The minimum absolute atomic E-state index is 0.298. The lowest BCUT2D eigenvalue weighted by Gasteiger charge is -2.32. The van der Waals surface area contributed by atoms with E-state index < -0.39 is 0 Å². The second kappa shape index (κ2) is 4.83. The molecule has 1 aromatic rings. The molecule has 3 heterocycles. The van der Waals surface area contributed by atoms with Gasteiger partial charge in [-0.2, -0.15) is 0 Å². The van der Waals surface area contributed by atoms with E-state index in [0.717, 1.165) is 36.6 Å². The van der Waals surface area contributed by atoms with E-state index in [9.17, 15) is 0 Å². The fourth-order valence-electron chi connectivity index (χ4n) is 2.46. The molecule has 20 heavy (non-hydrogen) atoms. The molecule has 2 saturated heterocycles. The van der Waals surface area contributed by atoms with Crippen molar-refractivity contribution in [2.24, 2.45) is 5.92 Å². The second-order valence-electron chi connectivity index (χ2n) is 6.90. The van der Waals surface area contributed by atoms with Gasteiger partial charge in [-0.15, -0.1) is 0 Å². The number of nitrogens with zero attached hydrogens (tertiary/aromatic N) is 1. The van der Waals surface area contributed by atoms with Crippen LogP contribution in [0.2, 0.25) is 0 Å². The number of hydrogen-bond acceptors (Lipinski definition) is 4. The van der Waals surface area contributed by atoms with Crippen LogP contribution in [0.5, 0.6) is 0 Å². The van der Waals surface area contributed by atoms with Gasteiger partial charge in [0.2, 0.25) is 0 Å². The zero-order chi connectivity index (χ0) is 14.4. The first-order chi connectivity index (χ1) is 9.37. The molecule has 0 radical (unpaired) electrons. The smallest absolute Gasteiger partial charge is 0.399 e. The summed E-state index contributed by atoms with van der Waals surface area (Å²) in [6.45, 7) is 10.5. The molecule has 0 saturated carbocycles. The molecule has 5 heteroatoms. The van der Waals surface area contributed by atoms with Gasteiger partial charge < -0.3 is 14.6 Å². The summed E-state index contributed by atoms with van der Waals surface area (Å²) in [5.74, 6) is 0.741. The summed E-state index contributed by atoms with van der Waals surface area (Å²) >= 11 is 0. The van der Waals surface area contributed by atoms with E-state index in [4.69, 9.17) is 9.31 Å². The Morgan fingerprint density at radius 1 is 1.20 bits per heavy atom. The van der Waals surface area contributed by atoms with E-state index in [0.29, 0.717) is 0 Å². The average molecular weight is 274 g/mol. The normalized spacial score (nSPS) is 24.7. The average Bonchev–Trinajstić information content (AvgIpc) is 2.54. The summed E-state index contributed by atoms with van der Waals surface area (Å²) in [5, 5.41) is 3.29. The Kier molecular flexibility index (Phi) is 3.39. The van der Waals surface area contributed by atoms with Crippen LogP contribution in [0.3, 0.4) is 0 Å². The largest absolute Gasteiger partial charge is 0.496 e. The molecule has 0 bridgehead atoms. The zero-order valence-electron chi connectivity index (χ0n) is 12.8. The van der Waals surface area contributed by atoms with Crippen LogP contribution in [0.1, 0.15) is 33.4 Å². The highest BCUT2D eigenvalue weighted by Gasteiger charge is 2.51. The Morgan fingerprint density at radius 3 is 2.30 bits per heavy atom. The van der Waals surface area contributed by atoms with Crippen molar-refractivity contribution in [3.63, 3.8) is 0 Å². The van der Waals surface area contributed by atoms with Crippen molar-refractivity contribution < 1.29 is 9.31 Å². The molecular weight excluding hydrogens is 251 g/mol. The van der Waals surface area contributed by atoms with Crippen molar-refractivity contribution in [1.82, 2.24) is 10.3 Å². The lowest BCUT2D eigenvalue weighted by molar-refractivity contribution is 0.00578. The highest BCUT2D eigenvalue weighted by atomic mass is 16.7. The quantitative estimate of drug-likeness (QED) is 0.839. The maximum atomic E-state index is 6.03. The first-order valence-electron chi connectivity index (χ1n) is 7.38. The number of aromatic nitrogens is 1. The Labute approximate surface area is 121 Å². The van der Waals surface area contributed by atoms with Crippen LogP contribution in [0, 0.1) is 5.92 Å². The van der Waals surface area contributed by atoms with Crippen LogP contribution >= 0.6 is 0 Å². The molecule has 3 rings (SSSR count). The maximum Gasteiger partial charge on any atom is 0.496 e. The first kappa shape index (κ1) is 14.0. The van der Waals surface area contributed by atoms with Crippen LogP contribution in [-0.4, -0.2) is 36.4 Å². The molecule has 0 atom stereocenters. The van der Waals surface area contributed by atoms with Crippen molar-refractivity contribution in [3.05, 3.63) is 24.0 Å². The topological polar surface area (TPSA) is 43.4 Å². The van der Waals surface area contributed by atoms with Crippen molar-refractivity contribution in [1.29, 1.82) is 0 Å². The lowest BCUT2D eigenvalue weighted by Crippen LogP contribution is -2.43. The number of hydrogen-bond donors (Lipinski definition) is 1. The summed E-state index contributed by atoms with van der Waals surface area (Å²) in [6.07, 6.45) is 2.94. The number of rotatable bonds is 3. The zero-order valence-corrected chi connectivity index (χ0v) is 12.8. The van der Waals surface area contributed by atoms with Crippen LogP contribution in [0.4, 0.5) is 0 Å². The predicted octanol–water partition coefficient (Wildman–Crippen LogP) is 1.14. The molecule has 0 spiro atoms. The van der Waals surface area contributed by atoms with E-state index >= 15 is 0 Å². The van der Waals surface area contributed by atoms with Gasteiger partial charge >= 0.3 is 7.12 Å². The molecule has 0 amide bonds. The summed E-state index contributed by atoms with van der Waals surface area (Å²) in [5.41, 5.74) is 1.55. The summed E-state index contributed by atoms with van der Waals surface area (Å²) in [4.78, 5) is 4.55. The summed E-state index contributed by atoms with van der Waals surface area (Å²) in [6, 6.07) is 4.18. The predicted molar refractivity (Wildman–Crippen MR) is 80.0 cm³/mol. The van der Waals surface area contributed by atoms with Crippen LogP contribution in [0.15, 0.2) is 18.3 Å². The SMILES string of the molecule is CC1(C)OB(c2ccc(CC3CNC3)nc2)OC1(C)C. The second-order valence-corrected chi connectivity index (χ2v) is 6.90. The lowest BCUT2D eigenvalue weighted by atomic mass is 9.80. The van der Waals surface area contributed by atoms with Gasteiger partial charge in [-0.1, -0.05) is 6.07 Å². The van der Waals surface area contributed by atoms with Gasteiger partial charge in [0.25, 0.3) is 0 Å². The van der Waals surface area contributed by atoms with Gasteiger partial charge in [-0.05, 0) is 59.2 Å². The van der Waals surface area contributed by atoms with Gasteiger partial charge in [0, 0.05) is 17.4 Å². The maximum absolute atomic E-state index is 6.03. The fourth-order valence-corrected chi connectivity index (χ4v) is 2.46. The van der Waals surface area contributed by atoms with Gasteiger partial charge in [0.05, 0.1) is 11.2 Å². The Bertz CT molecular complexity index is 467. The molecule has 2 aliphatic rings. The molecule has 2 aliphatic heterocycles. The highest BCUT2D eigenvalue weighted by Crippen LogP contribution is 2.36. The molecule has 4 nitrogen and oxygen atoms in total. The summed E-state index contributed by atoms with van der Waals surface area (Å²) in [7, 11) is -0.313. The Morgan fingerprint density at radius 2 is 1.85 bits per heavy atom. The Balaban J connectivity index is 1.69. The van der Waals surface area contributed by atoms with Crippen LogP contribution < -0.4 is 10.8 Å². The van der Waals surface area contributed by atoms with Gasteiger partial charge in [0.1, 0.15) is 0 Å². The molecule has 2 fully saturated rings. The summed E-state index contributed by atoms with van der Waals surface area (Å²) < 4.78 is 12.1. The number of pyridine rings is 1. The van der Waals surface area contributed by atoms with E-state index in [-0.39, 0.29) is 18.3 Å². The van der Waals surface area contributed by atoms with Gasteiger partial charge in [0.15, 0.2) is 0 Å². The molecule has 0 aromatic carbocycles. The molecule has 0 aliphatic carbocycles. The minimum atomic E-state index is -0.313. The third kappa shape index (κ3) is 2.50. The van der Waals surface area contributed by atoms with Crippen molar-refractivity contribution in [2.45, 2.75) is 45.3 Å².